The number of nitrogens with one attached hydrogen (secondary N) is 2. The first-order valence-electron chi connectivity index (χ1n) is 10.8. The quantitative estimate of drug-likeness (QED) is 0.263. The number of ether oxygens (including phenoxy) is 1. The highest BCUT2D eigenvalue weighted by molar-refractivity contribution is 9.11. The van der Waals surface area contributed by atoms with Crippen molar-refractivity contribution in [2.24, 2.45) is 0 Å². The van der Waals surface area contributed by atoms with Crippen LogP contribution in [0.3, 0.4) is 0 Å². The van der Waals surface area contributed by atoms with Crippen LogP contribution in [0, 0.1) is 6.92 Å². The molecule has 0 saturated carbocycles. The molecular weight excluding hydrogens is 610 g/mol. The predicted molar refractivity (Wildman–Crippen MR) is 144 cm³/mol. The summed E-state index contributed by atoms with van der Waals surface area (Å²) in [6, 6.07) is 15.1. The number of benzene rings is 3. The van der Waals surface area contributed by atoms with Crippen molar-refractivity contribution in [3.8, 4) is 11.5 Å². The first-order chi connectivity index (χ1) is 17.6. The fourth-order valence-electron chi connectivity index (χ4n) is 3.50. The molecule has 0 aliphatic carbocycles. The molecule has 3 N–H and O–H groups in total. The van der Waals surface area contributed by atoms with Gasteiger partial charge in [0.15, 0.2) is 6.61 Å². The topological polar surface area (TPSA) is 125 Å². The van der Waals surface area contributed by atoms with Crippen LogP contribution in [0.15, 0.2) is 75.2 Å². The number of aryl methyl sites for hydroxylation is 1. The maximum atomic E-state index is 13.0. The SMILES string of the molecule is Cc1ccccc1NC(=O)COc1c(Br)cc(/C=C2/C(=O)NC(=O)N(c3ccc(O)cc3)C2=O)cc1Br. The third kappa shape index (κ3) is 5.89. The van der Waals surface area contributed by atoms with Gasteiger partial charge in [-0.1, -0.05) is 18.2 Å². The average molecular weight is 629 g/mol. The number of halogens is 2. The van der Waals surface area contributed by atoms with E-state index in [1.807, 2.05) is 25.1 Å². The summed E-state index contributed by atoms with van der Waals surface area (Å²) >= 11 is 6.79. The number of urea groups is 1. The molecule has 0 unspecified atom stereocenters. The minimum absolute atomic E-state index is 0.0369. The molecule has 1 aliphatic heterocycles. The van der Waals surface area contributed by atoms with Gasteiger partial charge in [-0.15, -0.1) is 0 Å². The van der Waals surface area contributed by atoms with Gasteiger partial charge < -0.3 is 15.2 Å². The molecule has 0 atom stereocenters. The zero-order valence-electron chi connectivity index (χ0n) is 19.2. The van der Waals surface area contributed by atoms with Crippen LogP contribution in [0.25, 0.3) is 6.08 Å². The van der Waals surface area contributed by atoms with Crippen molar-refractivity contribution in [1.29, 1.82) is 0 Å². The van der Waals surface area contributed by atoms with E-state index in [4.69, 9.17) is 4.74 Å². The number of carbonyl (C=O) groups excluding carboxylic acids is 4. The van der Waals surface area contributed by atoms with E-state index in [1.54, 1.807) is 18.2 Å². The van der Waals surface area contributed by atoms with Crippen molar-refractivity contribution in [1.82, 2.24) is 5.32 Å². The first-order valence-corrected chi connectivity index (χ1v) is 12.4. The van der Waals surface area contributed by atoms with Gasteiger partial charge in [0.05, 0.1) is 14.6 Å². The second kappa shape index (κ2) is 11.0. The summed E-state index contributed by atoms with van der Waals surface area (Å²) in [4.78, 5) is 51.0. The Labute approximate surface area is 228 Å². The summed E-state index contributed by atoms with van der Waals surface area (Å²) in [5.74, 6) is -1.69. The lowest BCUT2D eigenvalue weighted by molar-refractivity contribution is -0.122. The molecule has 3 aromatic rings. The van der Waals surface area contributed by atoms with Crippen molar-refractivity contribution in [3.05, 3.63) is 86.3 Å². The van der Waals surface area contributed by atoms with Crippen molar-refractivity contribution < 1.29 is 29.0 Å². The van der Waals surface area contributed by atoms with Crippen molar-refractivity contribution in [3.63, 3.8) is 0 Å². The Bertz CT molecular complexity index is 1430. The molecule has 1 aliphatic rings. The molecule has 1 saturated heterocycles. The Hall–Kier alpha value is -3.96. The van der Waals surface area contributed by atoms with Crippen LogP contribution in [0.5, 0.6) is 11.5 Å². The third-order valence-corrected chi connectivity index (χ3v) is 6.49. The molecule has 11 heteroatoms. The van der Waals surface area contributed by atoms with Crippen LogP contribution < -0.4 is 20.3 Å². The number of phenolic OH excluding ortho intramolecular Hbond substituents is 1. The molecule has 0 radical (unpaired) electrons. The van der Waals surface area contributed by atoms with Crippen LogP contribution >= 0.6 is 31.9 Å². The number of barbiturate groups is 1. The first kappa shape index (κ1) is 26.1. The minimum Gasteiger partial charge on any atom is -0.508 e. The molecule has 0 aromatic heterocycles. The lowest BCUT2D eigenvalue weighted by atomic mass is 10.1. The molecule has 37 heavy (non-hydrogen) atoms. The Balaban J connectivity index is 1.53. The van der Waals surface area contributed by atoms with Crippen molar-refractivity contribution in [2.75, 3.05) is 16.8 Å². The number of hydrogen-bond donors (Lipinski definition) is 3. The molecule has 0 spiro atoms. The molecule has 5 amide bonds. The predicted octanol–water partition coefficient (Wildman–Crippen LogP) is 4.91. The Morgan fingerprint density at radius 3 is 2.35 bits per heavy atom. The number of para-hydroxylation sites is 1. The molecule has 188 valence electrons. The zero-order valence-corrected chi connectivity index (χ0v) is 22.4. The number of amides is 5. The summed E-state index contributed by atoms with van der Waals surface area (Å²) in [5, 5.41) is 14.4. The van der Waals surface area contributed by atoms with Crippen LogP contribution in [0.1, 0.15) is 11.1 Å². The number of hydrogen-bond acceptors (Lipinski definition) is 6. The molecule has 1 heterocycles. The van der Waals surface area contributed by atoms with Gasteiger partial charge in [0.2, 0.25) is 0 Å². The number of carbonyl (C=O) groups is 4. The van der Waals surface area contributed by atoms with E-state index in [-0.39, 0.29) is 29.5 Å². The van der Waals surface area contributed by atoms with Gasteiger partial charge in [-0.05, 0) is 98.5 Å². The van der Waals surface area contributed by atoms with Gasteiger partial charge in [0, 0.05) is 5.69 Å². The van der Waals surface area contributed by atoms with E-state index in [2.05, 4.69) is 42.5 Å². The third-order valence-electron chi connectivity index (χ3n) is 5.31. The maximum Gasteiger partial charge on any atom is 0.335 e. The highest BCUT2D eigenvalue weighted by Gasteiger charge is 2.36. The Kier molecular flexibility index (Phi) is 7.74. The molecular formula is C26H19Br2N3O6. The lowest BCUT2D eigenvalue weighted by Crippen LogP contribution is -2.54. The van der Waals surface area contributed by atoms with E-state index in [1.165, 1.54) is 30.3 Å². The van der Waals surface area contributed by atoms with Crippen LogP contribution in [0.4, 0.5) is 16.2 Å². The van der Waals surface area contributed by atoms with E-state index in [9.17, 15) is 24.3 Å². The van der Waals surface area contributed by atoms with E-state index in [0.29, 0.717) is 25.9 Å². The summed E-state index contributed by atoms with van der Waals surface area (Å²) in [7, 11) is 0. The molecule has 1 fully saturated rings. The van der Waals surface area contributed by atoms with Gasteiger partial charge in [-0.2, -0.15) is 0 Å². The monoisotopic (exact) mass is 627 g/mol. The van der Waals surface area contributed by atoms with Crippen LogP contribution in [-0.2, 0) is 14.4 Å². The second-order valence-corrected chi connectivity index (χ2v) is 9.65. The second-order valence-electron chi connectivity index (χ2n) is 7.94. The number of nitrogens with zero attached hydrogens (tertiary/aromatic N) is 1. The minimum atomic E-state index is -0.895. The Morgan fingerprint density at radius 1 is 1.05 bits per heavy atom. The zero-order chi connectivity index (χ0) is 26.7. The van der Waals surface area contributed by atoms with Gasteiger partial charge in [0.1, 0.15) is 17.1 Å². The molecule has 4 rings (SSSR count). The fraction of sp³-hybridized carbons (Fsp3) is 0.0769. The average Bonchev–Trinajstić information content (AvgIpc) is 2.84. The normalized spacial score (nSPS) is 14.5. The lowest BCUT2D eigenvalue weighted by Gasteiger charge is -2.26. The standard InChI is InChI=1S/C26H19Br2N3O6/c1-14-4-2-3-5-21(14)29-22(33)13-37-23-19(27)11-15(12-20(23)28)10-18-24(34)30-26(36)31(25(18)35)16-6-8-17(32)9-7-16/h2-12,32H,13H2,1H3,(H,29,33)(H,30,34,36)/b18-10-. The highest BCUT2D eigenvalue weighted by atomic mass is 79.9. The fourth-order valence-corrected chi connectivity index (χ4v) is 4.95. The smallest absolute Gasteiger partial charge is 0.335 e. The number of anilines is 2. The number of phenols is 1. The number of aromatic hydroxyl groups is 1. The van der Waals surface area contributed by atoms with Gasteiger partial charge in [-0.25, -0.2) is 9.69 Å². The summed E-state index contributed by atoms with van der Waals surface area (Å²) in [6.07, 6.45) is 1.34. The van der Waals surface area contributed by atoms with E-state index < -0.39 is 17.8 Å². The van der Waals surface area contributed by atoms with Gasteiger partial charge >= 0.3 is 6.03 Å². The number of rotatable bonds is 6. The van der Waals surface area contributed by atoms with Crippen molar-refractivity contribution >= 4 is 73.1 Å². The molecule has 3 aromatic carbocycles. The van der Waals surface area contributed by atoms with E-state index in [0.717, 1.165) is 10.5 Å². The molecule has 9 nitrogen and oxygen atoms in total. The van der Waals surface area contributed by atoms with Crippen molar-refractivity contribution in [2.45, 2.75) is 6.92 Å². The summed E-state index contributed by atoms with van der Waals surface area (Å²) in [6.45, 7) is 1.63. The largest absolute Gasteiger partial charge is 0.508 e. The van der Waals surface area contributed by atoms with Gasteiger partial charge in [-0.3, -0.25) is 19.7 Å². The molecule has 0 bridgehead atoms. The highest BCUT2D eigenvalue weighted by Crippen LogP contribution is 2.36. The number of imide groups is 2. The van der Waals surface area contributed by atoms with Crippen LogP contribution in [-0.4, -0.2) is 35.5 Å². The summed E-state index contributed by atoms with van der Waals surface area (Å²) < 4.78 is 6.61. The van der Waals surface area contributed by atoms with E-state index >= 15 is 0 Å². The van der Waals surface area contributed by atoms with Gasteiger partial charge in [0.25, 0.3) is 17.7 Å². The summed E-state index contributed by atoms with van der Waals surface area (Å²) in [5.41, 5.74) is 1.98. The Morgan fingerprint density at radius 2 is 1.70 bits per heavy atom. The maximum absolute atomic E-state index is 13.0. The van der Waals surface area contributed by atoms with Crippen LogP contribution in [0.2, 0.25) is 0 Å².